The first-order chi connectivity index (χ1) is 13.2. The fourth-order valence-corrected chi connectivity index (χ4v) is 3.47. The van der Waals surface area contributed by atoms with Gasteiger partial charge in [0.05, 0.1) is 11.4 Å². The summed E-state index contributed by atoms with van der Waals surface area (Å²) in [6.07, 6.45) is 0.756. The van der Waals surface area contributed by atoms with E-state index in [1.54, 1.807) is 0 Å². The smallest absolute Gasteiger partial charge is 0.0707 e. The Morgan fingerprint density at radius 2 is 0.963 bits per heavy atom. The van der Waals surface area contributed by atoms with Crippen LogP contribution in [0, 0.1) is 0 Å². The molecular formula is C25H22N2. The Labute approximate surface area is 159 Å². The molecule has 0 aliphatic carbocycles. The van der Waals surface area contributed by atoms with E-state index in [4.69, 9.17) is 9.98 Å². The summed E-state index contributed by atoms with van der Waals surface area (Å²) < 4.78 is 0. The third-order valence-electron chi connectivity index (χ3n) is 4.67. The van der Waals surface area contributed by atoms with E-state index in [0.717, 1.165) is 29.2 Å². The molecule has 4 aromatic carbocycles. The minimum Gasteiger partial charge on any atom is -0.257 e. The van der Waals surface area contributed by atoms with Gasteiger partial charge in [0.15, 0.2) is 0 Å². The van der Waals surface area contributed by atoms with Crippen LogP contribution >= 0.6 is 0 Å². The van der Waals surface area contributed by atoms with Gasteiger partial charge in [-0.15, -0.1) is 0 Å². The molecule has 0 atom stereocenters. The van der Waals surface area contributed by atoms with E-state index >= 15 is 0 Å². The normalized spacial score (nSPS) is 12.7. The minimum absolute atomic E-state index is 0.756. The zero-order valence-electron chi connectivity index (χ0n) is 15.7. The van der Waals surface area contributed by atoms with Gasteiger partial charge >= 0.3 is 0 Å². The number of benzene rings is 4. The van der Waals surface area contributed by atoms with Gasteiger partial charge in [0.1, 0.15) is 0 Å². The highest BCUT2D eigenvalue weighted by atomic mass is 14.8. The predicted octanol–water partition coefficient (Wildman–Crippen LogP) is 7.27. The molecule has 0 unspecified atom stereocenters. The number of hydrogen-bond acceptors (Lipinski definition) is 2. The molecule has 0 bridgehead atoms. The van der Waals surface area contributed by atoms with E-state index < -0.39 is 0 Å². The zero-order chi connectivity index (χ0) is 18.6. The molecule has 0 amide bonds. The number of nitrogens with zero attached hydrogens (tertiary/aromatic N) is 2. The van der Waals surface area contributed by atoms with Crippen molar-refractivity contribution in [2.24, 2.45) is 9.98 Å². The highest BCUT2D eigenvalue weighted by molar-refractivity contribution is 6.06. The van der Waals surface area contributed by atoms with Crippen molar-refractivity contribution >= 4 is 44.3 Å². The second-order valence-corrected chi connectivity index (χ2v) is 6.87. The van der Waals surface area contributed by atoms with Crippen LogP contribution in [0.3, 0.4) is 0 Å². The van der Waals surface area contributed by atoms with E-state index in [1.165, 1.54) is 21.5 Å². The maximum absolute atomic E-state index is 4.87. The van der Waals surface area contributed by atoms with Crippen molar-refractivity contribution in [3.8, 4) is 0 Å². The Kier molecular flexibility index (Phi) is 4.80. The first-order valence-corrected chi connectivity index (χ1v) is 9.24. The van der Waals surface area contributed by atoms with Gasteiger partial charge in [-0.2, -0.15) is 0 Å². The summed E-state index contributed by atoms with van der Waals surface area (Å²) in [6, 6.07) is 29.2. The van der Waals surface area contributed by atoms with Crippen LogP contribution in [-0.2, 0) is 0 Å². The molecule has 27 heavy (non-hydrogen) atoms. The minimum atomic E-state index is 0.756. The highest BCUT2D eigenvalue weighted by Crippen LogP contribution is 2.27. The van der Waals surface area contributed by atoms with Crippen LogP contribution in [0.15, 0.2) is 94.9 Å². The Morgan fingerprint density at radius 3 is 1.44 bits per heavy atom. The first-order valence-electron chi connectivity index (χ1n) is 9.24. The van der Waals surface area contributed by atoms with Crippen molar-refractivity contribution in [3.63, 3.8) is 0 Å². The van der Waals surface area contributed by atoms with E-state index in [-0.39, 0.29) is 0 Å². The van der Waals surface area contributed by atoms with Crippen LogP contribution in [0.2, 0.25) is 0 Å². The number of aliphatic imine (C=N–C) groups is 2. The second-order valence-electron chi connectivity index (χ2n) is 6.87. The van der Waals surface area contributed by atoms with Gasteiger partial charge in [0.2, 0.25) is 0 Å². The number of rotatable bonds is 4. The van der Waals surface area contributed by atoms with Gasteiger partial charge in [-0.3, -0.25) is 9.98 Å². The summed E-state index contributed by atoms with van der Waals surface area (Å²) >= 11 is 0. The van der Waals surface area contributed by atoms with Gasteiger partial charge in [0.25, 0.3) is 0 Å². The van der Waals surface area contributed by atoms with Gasteiger partial charge in [-0.05, 0) is 36.8 Å². The molecule has 0 aliphatic heterocycles. The lowest BCUT2D eigenvalue weighted by atomic mass is 10.1. The molecule has 0 saturated heterocycles. The molecule has 2 nitrogen and oxygen atoms in total. The lowest BCUT2D eigenvalue weighted by Gasteiger charge is -2.06. The summed E-state index contributed by atoms with van der Waals surface area (Å²) in [7, 11) is 0. The standard InChI is InChI=1S/C25H22N2/c1-18(26-24-15-7-11-20-9-3-5-13-22(20)24)17-19(2)27-25-16-8-12-21-10-4-6-14-23(21)25/h3-16H,17H2,1-2H3/b26-18-,27-19+. The molecule has 4 rings (SSSR count). The maximum Gasteiger partial charge on any atom is 0.0707 e. The number of fused-ring (bicyclic) bond motifs is 2. The van der Waals surface area contributed by atoms with Crippen molar-refractivity contribution in [2.75, 3.05) is 0 Å². The van der Waals surface area contributed by atoms with Crippen LogP contribution in [0.4, 0.5) is 11.4 Å². The largest absolute Gasteiger partial charge is 0.257 e. The fourth-order valence-electron chi connectivity index (χ4n) is 3.47. The summed E-state index contributed by atoms with van der Waals surface area (Å²) in [5, 5.41) is 4.80. The Hall–Kier alpha value is -3.26. The molecule has 0 aliphatic rings. The Balaban J connectivity index is 1.62. The van der Waals surface area contributed by atoms with E-state index in [0.29, 0.717) is 0 Å². The quantitative estimate of drug-likeness (QED) is 0.346. The Morgan fingerprint density at radius 1 is 0.556 bits per heavy atom. The molecule has 0 radical (unpaired) electrons. The third kappa shape index (κ3) is 3.80. The van der Waals surface area contributed by atoms with Gasteiger partial charge in [-0.25, -0.2) is 0 Å². The van der Waals surface area contributed by atoms with E-state index in [2.05, 4.69) is 98.8 Å². The fraction of sp³-hybridized carbons (Fsp3) is 0.120. The summed E-state index contributed by atoms with van der Waals surface area (Å²) in [4.78, 5) is 9.73. The van der Waals surface area contributed by atoms with Crippen LogP contribution < -0.4 is 0 Å². The van der Waals surface area contributed by atoms with Gasteiger partial charge in [0, 0.05) is 28.6 Å². The Bertz CT molecular complexity index is 1070. The highest BCUT2D eigenvalue weighted by Gasteiger charge is 2.03. The molecular weight excluding hydrogens is 328 g/mol. The van der Waals surface area contributed by atoms with Crippen LogP contribution in [0.25, 0.3) is 21.5 Å². The molecule has 0 N–H and O–H groups in total. The molecule has 0 heterocycles. The lowest BCUT2D eigenvalue weighted by Crippen LogP contribution is -2.00. The third-order valence-corrected chi connectivity index (χ3v) is 4.67. The first kappa shape index (κ1) is 17.2. The van der Waals surface area contributed by atoms with E-state index in [9.17, 15) is 0 Å². The molecule has 4 aromatic rings. The average molecular weight is 350 g/mol. The average Bonchev–Trinajstić information content (AvgIpc) is 2.68. The maximum atomic E-state index is 4.87. The van der Waals surface area contributed by atoms with Gasteiger partial charge < -0.3 is 0 Å². The molecule has 0 spiro atoms. The lowest BCUT2D eigenvalue weighted by molar-refractivity contribution is 1.38. The SMILES string of the molecule is C/C(C/C(C)=N/c1cccc2ccccc12)=N/c1cccc2ccccc12. The van der Waals surface area contributed by atoms with E-state index in [1.807, 2.05) is 0 Å². The monoisotopic (exact) mass is 350 g/mol. The number of hydrogen-bond donors (Lipinski definition) is 0. The van der Waals surface area contributed by atoms with Crippen molar-refractivity contribution < 1.29 is 0 Å². The summed E-state index contributed by atoms with van der Waals surface area (Å²) in [5.74, 6) is 0. The van der Waals surface area contributed by atoms with Crippen LogP contribution in [-0.4, -0.2) is 11.4 Å². The molecule has 132 valence electrons. The summed E-state index contributed by atoms with van der Waals surface area (Å²) in [6.45, 7) is 4.15. The van der Waals surface area contributed by atoms with Crippen LogP contribution in [0.5, 0.6) is 0 Å². The molecule has 0 saturated carbocycles. The van der Waals surface area contributed by atoms with Crippen LogP contribution in [0.1, 0.15) is 20.3 Å². The van der Waals surface area contributed by atoms with Crippen molar-refractivity contribution in [1.82, 2.24) is 0 Å². The van der Waals surface area contributed by atoms with Crippen molar-refractivity contribution in [1.29, 1.82) is 0 Å². The molecule has 0 fully saturated rings. The van der Waals surface area contributed by atoms with Crippen molar-refractivity contribution in [3.05, 3.63) is 84.9 Å². The predicted molar refractivity (Wildman–Crippen MR) is 118 cm³/mol. The summed E-state index contributed by atoms with van der Waals surface area (Å²) in [5.41, 5.74) is 4.16. The topological polar surface area (TPSA) is 24.7 Å². The second kappa shape index (κ2) is 7.55. The molecule has 0 aromatic heterocycles. The van der Waals surface area contributed by atoms with Crippen molar-refractivity contribution in [2.45, 2.75) is 20.3 Å². The van der Waals surface area contributed by atoms with Gasteiger partial charge in [-0.1, -0.05) is 72.8 Å². The molecule has 2 heteroatoms. The zero-order valence-corrected chi connectivity index (χ0v) is 15.7.